The fourth-order valence-corrected chi connectivity index (χ4v) is 3.35. The SMILES string of the molecule is O=C(O)C1COCCN1C(=O)C1CC2C=CC1C2. The van der Waals surface area contributed by atoms with Crippen molar-refractivity contribution in [3.05, 3.63) is 12.2 Å². The van der Waals surface area contributed by atoms with Gasteiger partial charge in [-0.2, -0.15) is 0 Å². The third kappa shape index (κ3) is 1.82. The molecule has 0 spiro atoms. The van der Waals surface area contributed by atoms with Crippen LogP contribution in [0.4, 0.5) is 0 Å². The number of amides is 1. The van der Waals surface area contributed by atoms with Gasteiger partial charge in [0.05, 0.1) is 13.2 Å². The maximum absolute atomic E-state index is 12.5. The van der Waals surface area contributed by atoms with E-state index in [1.165, 1.54) is 4.90 Å². The highest BCUT2D eigenvalue weighted by atomic mass is 16.5. The molecule has 0 radical (unpaired) electrons. The van der Waals surface area contributed by atoms with Crippen LogP contribution in [0.1, 0.15) is 12.8 Å². The Bertz CT molecular complexity index is 406. The molecule has 1 saturated carbocycles. The Morgan fingerprint density at radius 2 is 2.11 bits per heavy atom. The normalized spacial score (nSPS) is 38.1. The first-order valence-electron chi connectivity index (χ1n) is 6.46. The summed E-state index contributed by atoms with van der Waals surface area (Å²) in [6.45, 7) is 0.942. The molecule has 5 nitrogen and oxygen atoms in total. The van der Waals surface area contributed by atoms with Crippen LogP contribution in [0, 0.1) is 17.8 Å². The van der Waals surface area contributed by atoms with Crippen LogP contribution in [-0.4, -0.2) is 47.7 Å². The molecule has 4 unspecified atom stereocenters. The summed E-state index contributed by atoms with van der Waals surface area (Å²) in [4.78, 5) is 25.1. The van der Waals surface area contributed by atoms with E-state index >= 15 is 0 Å². The molecule has 0 aromatic rings. The van der Waals surface area contributed by atoms with E-state index in [0.29, 0.717) is 25.0 Å². The maximum Gasteiger partial charge on any atom is 0.328 e. The van der Waals surface area contributed by atoms with Crippen molar-refractivity contribution in [3.63, 3.8) is 0 Å². The van der Waals surface area contributed by atoms with E-state index in [9.17, 15) is 9.59 Å². The standard InChI is InChI=1S/C13H17NO4/c15-12(10-6-8-1-2-9(10)5-8)14-3-4-18-7-11(14)13(16)17/h1-2,8-11H,3-7H2,(H,16,17). The van der Waals surface area contributed by atoms with Gasteiger partial charge in [-0.15, -0.1) is 0 Å². The van der Waals surface area contributed by atoms with Crippen LogP contribution in [0.15, 0.2) is 12.2 Å². The predicted molar refractivity (Wildman–Crippen MR) is 62.8 cm³/mol. The van der Waals surface area contributed by atoms with Gasteiger partial charge in [-0.05, 0) is 24.7 Å². The first-order chi connectivity index (χ1) is 8.66. The average molecular weight is 251 g/mol. The van der Waals surface area contributed by atoms with Crippen molar-refractivity contribution in [2.45, 2.75) is 18.9 Å². The number of hydrogen-bond acceptors (Lipinski definition) is 3. The van der Waals surface area contributed by atoms with Crippen molar-refractivity contribution in [2.75, 3.05) is 19.8 Å². The molecular weight excluding hydrogens is 234 g/mol. The van der Waals surface area contributed by atoms with Gasteiger partial charge < -0.3 is 14.7 Å². The minimum atomic E-state index is -0.971. The number of hydrogen-bond donors (Lipinski definition) is 1. The first kappa shape index (κ1) is 11.7. The smallest absolute Gasteiger partial charge is 0.328 e. The van der Waals surface area contributed by atoms with Crippen molar-refractivity contribution in [2.24, 2.45) is 17.8 Å². The number of aliphatic carboxylic acids is 1. The summed E-state index contributed by atoms with van der Waals surface area (Å²) < 4.78 is 5.16. The number of morpholine rings is 1. The molecular formula is C13H17NO4. The third-order valence-electron chi connectivity index (χ3n) is 4.29. The number of carbonyl (C=O) groups excluding carboxylic acids is 1. The summed E-state index contributed by atoms with van der Waals surface area (Å²) in [6, 6.07) is -0.811. The molecule has 98 valence electrons. The highest BCUT2D eigenvalue weighted by Crippen LogP contribution is 2.44. The fraction of sp³-hybridized carbons (Fsp3) is 0.692. The number of carboxylic acid groups (broad SMARTS) is 1. The summed E-state index contributed by atoms with van der Waals surface area (Å²) in [6.07, 6.45) is 6.23. The molecule has 1 heterocycles. The molecule has 4 atom stereocenters. The van der Waals surface area contributed by atoms with Crippen LogP contribution in [0.2, 0.25) is 0 Å². The van der Waals surface area contributed by atoms with Crippen LogP contribution < -0.4 is 0 Å². The van der Waals surface area contributed by atoms with E-state index in [-0.39, 0.29) is 18.4 Å². The van der Waals surface area contributed by atoms with Crippen LogP contribution in [0.5, 0.6) is 0 Å². The molecule has 1 N–H and O–H groups in total. The van der Waals surface area contributed by atoms with Gasteiger partial charge in [-0.25, -0.2) is 4.79 Å². The van der Waals surface area contributed by atoms with E-state index in [4.69, 9.17) is 9.84 Å². The maximum atomic E-state index is 12.5. The Balaban J connectivity index is 1.74. The molecule has 5 heteroatoms. The number of fused-ring (bicyclic) bond motifs is 2. The zero-order valence-electron chi connectivity index (χ0n) is 10.1. The zero-order valence-corrected chi connectivity index (χ0v) is 10.1. The monoisotopic (exact) mass is 251 g/mol. The van der Waals surface area contributed by atoms with Gasteiger partial charge in [0.25, 0.3) is 0 Å². The Labute approximate surface area is 105 Å². The average Bonchev–Trinajstić information content (AvgIpc) is 3.00. The predicted octanol–water partition coefficient (Wildman–Crippen LogP) is 0.511. The quantitative estimate of drug-likeness (QED) is 0.726. The van der Waals surface area contributed by atoms with Crippen molar-refractivity contribution < 1.29 is 19.4 Å². The zero-order chi connectivity index (χ0) is 12.7. The van der Waals surface area contributed by atoms with Crippen LogP contribution in [0.25, 0.3) is 0 Å². The lowest BCUT2D eigenvalue weighted by Crippen LogP contribution is -2.54. The van der Waals surface area contributed by atoms with Gasteiger partial charge in [0, 0.05) is 12.5 Å². The van der Waals surface area contributed by atoms with Gasteiger partial charge in [0.1, 0.15) is 0 Å². The van der Waals surface area contributed by atoms with Gasteiger partial charge in [-0.1, -0.05) is 12.2 Å². The van der Waals surface area contributed by atoms with Gasteiger partial charge in [0.15, 0.2) is 6.04 Å². The lowest BCUT2D eigenvalue weighted by atomic mass is 9.91. The minimum Gasteiger partial charge on any atom is -0.480 e. The topological polar surface area (TPSA) is 66.8 Å². The summed E-state index contributed by atoms with van der Waals surface area (Å²) in [7, 11) is 0. The number of nitrogens with zero attached hydrogens (tertiary/aromatic N) is 1. The molecule has 2 fully saturated rings. The van der Waals surface area contributed by atoms with Gasteiger partial charge >= 0.3 is 5.97 Å². The van der Waals surface area contributed by atoms with Crippen LogP contribution >= 0.6 is 0 Å². The number of carboxylic acids is 1. The summed E-state index contributed by atoms with van der Waals surface area (Å²) in [5.74, 6) is -0.141. The highest BCUT2D eigenvalue weighted by molar-refractivity contribution is 5.86. The lowest BCUT2D eigenvalue weighted by Gasteiger charge is -2.35. The van der Waals surface area contributed by atoms with E-state index in [1.807, 2.05) is 0 Å². The van der Waals surface area contributed by atoms with E-state index in [1.54, 1.807) is 0 Å². The van der Waals surface area contributed by atoms with Crippen molar-refractivity contribution in [1.29, 1.82) is 0 Å². The lowest BCUT2D eigenvalue weighted by molar-refractivity contribution is -0.160. The van der Waals surface area contributed by atoms with Gasteiger partial charge in [-0.3, -0.25) is 4.79 Å². The van der Waals surface area contributed by atoms with E-state index in [2.05, 4.69) is 12.2 Å². The second-order valence-electron chi connectivity index (χ2n) is 5.35. The number of rotatable bonds is 2. The van der Waals surface area contributed by atoms with Gasteiger partial charge in [0.2, 0.25) is 5.91 Å². The van der Waals surface area contributed by atoms with Crippen molar-refractivity contribution >= 4 is 11.9 Å². The second-order valence-corrected chi connectivity index (χ2v) is 5.35. The molecule has 3 rings (SSSR count). The third-order valence-corrected chi connectivity index (χ3v) is 4.29. The highest BCUT2D eigenvalue weighted by Gasteiger charge is 2.44. The second kappa shape index (κ2) is 4.39. The van der Waals surface area contributed by atoms with Crippen molar-refractivity contribution in [3.8, 4) is 0 Å². The van der Waals surface area contributed by atoms with Crippen LogP contribution in [0.3, 0.4) is 0 Å². The fourth-order valence-electron chi connectivity index (χ4n) is 3.35. The number of allylic oxidation sites excluding steroid dienone is 2. The number of carbonyl (C=O) groups is 2. The molecule has 2 bridgehead atoms. The van der Waals surface area contributed by atoms with E-state index < -0.39 is 12.0 Å². The molecule has 0 aromatic carbocycles. The first-order valence-corrected chi connectivity index (χ1v) is 6.46. The molecule has 2 aliphatic carbocycles. The Morgan fingerprint density at radius 1 is 1.28 bits per heavy atom. The molecule has 3 aliphatic rings. The molecule has 1 saturated heterocycles. The van der Waals surface area contributed by atoms with Crippen molar-refractivity contribution in [1.82, 2.24) is 4.90 Å². The largest absolute Gasteiger partial charge is 0.480 e. The summed E-state index contributed by atoms with van der Waals surface area (Å²) >= 11 is 0. The molecule has 1 aliphatic heterocycles. The number of ether oxygens (including phenoxy) is 1. The summed E-state index contributed by atoms with van der Waals surface area (Å²) in [5, 5.41) is 9.14. The Morgan fingerprint density at radius 3 is 2.72 bits per heavy atom. The minimum absolute atomic E-state index is 0.00236. The Kier molecular flexibility index (Phi) is 2.86. The molecule has 1 amide bonds. The van der Waals surface area contributed by atoms with Crippen LogP contribution in [-0.2, 0) is 14.3 Å². The molecule has 0 aromatic heterocycles. The summed E-state index contributed by atoms with van der Waals surface area (Å²) in [5.41, 5.74) is 0. The van der Waals surface area contributed by atoms with E-state index in [0.717, 1.165) is 12.8 Å². The molecule has 18 heavy (non-hydrogen) atoms. The Hall–Kier alpha value is -1.36.